The molecule has 1 aromatic heterocycles. The summed E-state index contributed by atoms with van der Waals surface area (Å²) in [4.78, 5) is 18.1. The van der Waals surface area contributed by atoms with E-state index in [4.69, 9.17) is 5.26 Å². The topological polar surface area (TPSA) is 69.5 Å². The number of nitrogens with one attached hydrogen (secondary N) is 1. The van der Waals surface area contributed by atoms with Gasteiger partial charge in [-0.15, -0.1) is 0 Å². The Morgan fingerprint density at radius 3 is 2.89 bits per heavy atom. The van der Waals surface area contributed by atoms with E-state index < -0.39 is 0 Å². The summed E-state index contributed by atoms with van der Waals surface area (Å²) in [5, 5.41) is 8.79. The molecular weight excluding hydrogens is 226 g/mol. The van der Waals surface area contributed by atoms with Crippen LogP contribution in [0, 0.1) is 18.3 Å². The minimum Gasteiger partial charge on any atom is -0.307 e. The van der Waals surface area contributed by atoms with Crippen molar-refractivity contribution >= 4 is 12.2 Å². The zero-order valence-electron chi connectivity index (χ0n) is 9.84. The van der Waals surface area contributed by atoms with E-state index in [1.807, 2.05) is 12.1 Å². The fraction of sp³-hybridized carbons (Fsp3) is 0.0714. The highest BCUT2D eigenvalue weighted by Gasteiger charge is 1.94. The molecule has 0 aliphatic heterocycles. The van der Waals surface area contributed by atoms with Crippen LogP contribution in [-0.2, 0) is 0 Å². The van der Waals surface area contributed by atoms with Crippen LogP contribution in [0.2, 0.25) is 0 Å². The van der Waals surface area contributed by atoms with E-state index >= 15 is 0 Å². The van der Waals surface area contributed by atoms with Gasteiger partial charge < -0.3 is 4.98 Å². The molecule has 0 aliphatic rings. The molecule has 0 spiro atoms. The van der Waals surface area contributed by atoms with Crippen LogP contribution >= 0.6 is 0 Å². The van der Waals surface area contributed by atoms with Crippen molar-refractivity contribution < 1.29 is 0 Å². The summed E-state index contributed by atoms with van der Waals surface area (Å²) in [6.45, 7) is 1.77. The van der Waals surface area contributed by atoms with E-state index in [9.17, 15) is 4.79 Å². The molecule has 2 rings (SSSR count). The van der Waals surface area contributed by atoms with Crippen LogP contribution in [0.1, 0.15) is 22.6 Å². The van der Waals surface area contributed by atoms with Crippen molar-refractivity contribution in [3.63, 3.8) is 0 Å². The first-order valence-electron chi connectivity index (χ1n) is 5.43. The predicted molar refractivity (Wildman–Crippen MR) is 69.7 cm³/mol. The van der Waals surface area contributed by atoms with Crippen molar-refractivity contribution in [2.75, 3.05) is 0 Å². The lowest BCUT2D eigenvalue weighted by atomic mass is 10.1. The van der Waals surface area contributed by atoms with Crippen molar-refractivity contribution in [1.29, 1.82) is 5.26 Å². The second-order valence-electron chi connectivity index (χ2n) is 3.84. The third-order valence-electron chi connectivity index (χ3n) is 2.34. The molecule has 0 aliphatic carbocycles. The fourth-order valence-corrected chi connectivity index (χ4v) is 1.57. The standard InChI is InChI=1S/C14H11N3O/c1-10-7-14(18)17-13(16-10)6-5-11-3-2-4-12(8-11)9-15/h2-8H,1H3,(H,16,17,18). The smallest absolute Gasteiger partial charge is 0.251 e. The molecule has 0 saturated carbocycles. The van der Waals surface area contributed by atoms with Crippen LogP contribution in [0.25, 0.3) is 12.2 Å². The Hall–Kier alpha value is -2.67. The van der Waals surface area contributed by atoms with Gasteiger partial charge in [-0.3, -0.25) is 4.79 Å². The molecule has 1 aromatic carbocycles. The molecule has 4 heteroatoms. The maximum absolute atomic E-state index is 11.3. The molecule has 1 heterocycles. The van der Waals surface area contributed by atoms with Gasteiger partial charge in [0.15, 0.2) is 0 Å². The van der Waals surface area contributed by atoms with Gasteiger partial charge in [-0.1, -0.05) is 18.2 Å². The highest BCUT2D eigenvalue weighted by Crippen LogP contribution is 2.07. The summed E-state index contributed by atoms with van der Waals surface area (Å²) in [5.41, 5.74) is 1.98. The normalized spacial score (nSPS) is 10.4. The molecule has 0 bridgehead atoms. The summed E-state index contributed by atoms with van der Waals surface area (Å²) < 4.78 is 0. The average molecular weight is 237 g/mol. The van der Waals surface area contributed by atoms with Gasteiger partial charge in [0.1, 0.15) is 5.82 Å². The van der Waals surface area contributed by atoms with E-state index in [1.54, 1.807) is 31.2 Å². The zero-order valence-corrected chi connectivity index (χ0v) is 9.84. The quantitative estimate of drug-likeness (QED) is 0.869. The first-order chi connectivity index (χ1) is 8.67. The van der Waals surface area contributed by atoms with E-state index in [1.165, 1.54) is 6.07 Å². The van der Waals surface area contributed by atoms with Crippen LogP contribution in [0.3, 0.4) is 0 Å². The minimum atomic E-state index is -0.173. The Kier molecular flexibility index (Phi) is 3.35. The molecule has 0 saturated heterocycles. The van der Waals surface area contributed by atoms with Gasteiger partial charge in [0.25, 0.3) is 5.56 Å². The van der Waals surface area contributed by atoms with E-state index in [2.05, 4.69) is 16.0 Å². The molecule has 0 amide bonds. The molecule has 18 heavy (non-hydrogen) atoms. The van der Waals surface area contributed by atoms with Crippen molar-refractivity contribution in [3.05, 3.63) is 63.3 Å². The van der Waals surface area contributed by atoms with E-state index in [0.717, 1.165) is 5.56 Å². The molecule has 88 valence electrons. The number of aromatic amines is 1. The molecule has 1 N–H and O–H groups in total. The van der Waals surface area contributed by atoms with E-state index in [0.29, 0.717) is 17.1 Å². The van der Waals surface area contributed by atoms with Crippen molar-refractivity contribution in [3.8, 4) is 6.07 Å². The number of rotatable bonds is 2. The first-order valence-corrected chi connectivity index (χ1v) is 5.43. The SMILES string of the molecule is Cc1cc(=O)[nH]c(C=Cc2cccc(C#N)c2)n1. The van der Waals surface area contributed by atoms with Gasteiger partial charge in [0.05, 0.1) is 11.6 Å². The number of hydrogen-bond acceptors (Lipinski definition) is 3. The number of hydrogen-bond donors (Lipinski definition) is 1. The summed E-state index contributed by atoms with van der Waals surface area (Å²) in [6, 6.07) is 10.7. The minimum absolute atomic E-state index is 0.173. The lowest BCUT2D eigenvalue weighted by molar-refractivity contribution is 1.04. The lowest BCUT2D eigenvalue weighted by Gasteiger charge is -1.96. The van der Waals surface area contributed by atoms with Gasteiger partial charge >= 0.3 is 0 Å². The fourth-order valence-electron chi connectivity index (χ4n) is 1.57. The van der Waals surface area contributed by atoms with Gasteiger partial charge in [-0.05, 0) is 30.7 Å². The number of nitrogens with zero attached hydrogens (tertiary/aromatic N) is 2. The molecular formula is C14H11N3O. The average Bonchev–Trinajstić information content (AvgIpc) is 2.35. The van der Waals surface area contributed by atoms with Crippen LogP contribution in [0.15, 0.2) is 35.1 Å². The van der Waals surface area contributed by atoms with Crippen molar-refractivity contribution in [2.45, 2.75) is 6.92 Å². The van der Waals surface area contributed by atoms with E-state index in [-0.39, 0.29) is 5.56 Å². The Balaban J connectivity index is 2.30. The maximum Gasteiger partial charge on any atom is 0.251 e. The highest BCUT2D eigenvalue weighted by molar-refractivity contribution is 5.67. The van der Waals surface area contributed by atoms with Crippen LogP contribution in [-0.4, -0.2) is 9.97 Å². The lowest BCUT2D eigenvalue weighted by Crippen LogP contribution is -2.08. The van der Waals surface area contributed by atoms with Crippen LogP contribution in [0.4, 0.5) is 0 Å². The number of nitriles is 1. The summed E-state index contributed by atoms with van der Waals surface area (Å²) in [7, 11) is 0. The molecule has 0 radical (unpaired) electrons. The second-order valence-corrected chi connectivity index (χ2v) is 3.84. The van der Waals surface area contributed by atoms with Crippen molar-refractivity contribution in [2.24, 2.45) is 0 Å². The largest absolute Gasteiger partial charge is 0.307 e. The van der Waals surface area contributed by atoms with Crippen LogP contribution < -0.4 is 5.56 Å². The molecule has 4 nitrogen and oxygen atoms in total. The van der Waals surface area contributed by atoms with Gasteiger partial charge in [-0.25, -0.2) is 4.98 Å². The number of benzene rings is 1. The first kappa shape index (κ1) is 11.8. The molecule has 0 unspecified atom stereocenters. The van der Waals surface area contributed by atoms with Gasteiger partial charge in [0.2, 0.25) is 0 Å². The van der Waals surface area contributed by atoms with Gasteiger partial charge in [0, 0.05) is 11.8 Å². The summed E-state index contributed by atoms with van der Waals surface area (Å²) >= 11 is 0. The predicted octanol–water partition coefficient (Wildman–Crippen LogP) is 2.12. The third-order valence-corrected chi connectivity index (χ3v) is 2.34. The van der Waals surface area contributed by atoms with Crippen LogP contribution in [0.5, 0.6) is 0 Å². The maximum atomic E-state index is 11.3. The summed E-state index contributed by atoms with van der Waals surface area (Å²) in [6.07, 6.45) is 3.52. The Morgan fingerprint density at radius 1 is 1.33 bits per heavy atom. The van der Waals surface area contributed by atoms with Crippen molar-refractivity contribution in [1.82, 2.24) is 9.97 Å². The number of aryl methyl sites for hydroxylation is 1. The summed E-state index contributed by atoms with van der Waals surface area (Å²) in [5.74, 6) is 0.502. The highest BCUT2D eigenvalue weighted by atomic mass is 16.1. The molecule has 0 atom stereocenters. The Bertz CT molecular complexity index is 693. The second kappa shape index (κ2) is 5.11. The Labute approximate surface area is 104 Å². The Morgan fingerprint density at radius 2 is 2.17 bits per heavy atom. The van der Waals surface area contributed by atoms with Gasteiger partial charge in [-0.2, -0.15) is 5.26 Å². The number of aromatic nitrogens is 2. The molecule has 2 aromatic rings. The number of H-pyrrole nitrogens is 1. The third kappa shape index (κ3) is 2.92. The monoisotopic (exact) mass is 237 g/mol. The molecule has 0 fully saturated rings. The zero-order chi connectivity index (χ0) is 13.0.